The van der Waals surface area contributed by atoms with E-state index in [9.17, 15) is 19.7 Å². The van der Waals surface area contributed by atoms with Crippen molar-refractivity contribution in [2.75, 3.05) is 0 Å². The van der Waals surface area contributed by atoms with E-state index in [-0.39, 0.29) is 40.3 Å². The van der Waals surface area contributed by atoms with Gasteiger partial charge in [-0.1, -0.05) is 37.6 Å². The predicted octanol–water partition coefficient (Wildman–Crippen LogP) is 6.69. The Kier molecular flexibility index (Phi) is 6.42. The van der Waals surface area contributed by atoms with E-state index in [0.717, 1.165) is 51.4 Å². The van der Waals surface area contributed by atoms with Gasteiger partial charge in [0.05, 0.1) is 10.5 Å². The molecule has 4 aliphatic carbocycles. The highest BCUT2D eigenvalue weighted by molar-refractivity contribution is 5.96. The fraction of sp³-hybridized carbons (Fsp3) is 0.600. The van der Waals surface area contributed by atoms with Crippen molar-refractivity contribution in [3.05, 3.63) is 57.7 Å². The Morgan fingerprint density at radius 1 is 1.08 bits per heavy atom. The fourth-order valence-corrected chi connectivity index (χ4v) is 8.51. The first-order valence-corrected chi connectivity index (χ1v) is 13.5. The zero-order valence-electron chi connectivity index (χ0n) is 21.6. The van der Waals surface area contributed by atoms with E-state index in [2.05, 4.69) is 19.9 Å². The third-order valence-electron chi connectivity index (χ3n) is 10.3. The number of ether oxygens (including phenoxy) is 1. The molecule has 1 aromatic carbocycles. The van der Waals surface area contributed by atoms with Crippen molar-refractivity contribution in [3.63, 3.8) is 0 Å². The molecule has 0 amide bonds. The molecule has 6 heteroatoms. The van der Waals surface area contributed by atoms with Crippen LogP contribution in [0.25, 0.3) is 6.08 Å². The molecular formula is C30H37NO5. The summed E-state index contributed by atoms with van der Waals surface area (Å²) in [5.74, 6) is 1.61. The van der Waals surface area contributed by atoms with Crippen LogP contribution in [0.5, 0.6) is 0 Å². The van der Waals surface area contributed by atoms with E-state index in [1.165, 1.54) is 18.6 Å². The molecule has 0 unspecified atom stereocenters. The number of nitro benzene ring substituents is 1. The highest BCUT2D eigenvalue weighted by atomic mass is 16.6. The van der Waals surface area contributed by atoms with Crippen LogP contribution in [0.15, 0.2) is 42.0 Å². The van der Waals surface area contributed by atoms with E-state index < -0.39 is 4.92 Å². The summed E-state index contributed by atoms with van der Waals surface area (Å²) in [7, 11) is 0. The van der Waals surface area contributed by atoms with Crippen molar-refractivity contribution in [2.45, 2.75) is 78.2 Å². The molecule has 192 valence electrons. The lowest BCUT2D eigenvalue weighted by atomic mass is 9.47. The maximum absolute atomic E-state index is 13.4. The molecule has 36 heavy (non-hydrogen) atoms. The smallest absolute Gasteiger partial charge is 0.302 e. The van der Waals surface area contributed by atoms with Crippen LogP contribution in [0.1, 0.15) is 77.7 Å². The SMILES string of the molecule is CC(=O)O[C@H]1CC[C@@]2(C)C(=CC[C@H]3[C@@H]4CC[C@H](C(=O)/C=C/c5ccccc5[N+](=O)[O-])[C@@]4(C)CC[C@@H]32)C1. The number of hydrogen-bond acceptors (Lipinski definition) is 5. The highest BCUT2D eigenvalue weighted by Crippen LogP contribution is 2.66. The minimum Gasteiger partial charge on any atom is -0.462 e. The zero-order chi connectivity index (χ0) is 25.7. The monoisotopic (exact) mass is 491 g/mol. The van der Waals surface area contributed by atoms with Gasteiger partial charge in [0.2, 0.25) is 0 Å². The Bertz CT molecular complexity index is 1140. The minimum absolute atomic E-state index is 0.00735. The third-order valence-corrected chi connectivity index (χ3v) is 10.3. The molecule has 6 nitrogen and oxygen atoms in total. The first-order valence-electron chi connectivity index (χ1n) is 13.5. The second-order valence-corrected chi connectivity index (χ2v) is 12.0. The number of hydrogen-bond donors (Lipinski definition) is 0. The van der Waals surface area contributed by atoms with Gasteiger partial charge in [-0.3, -0.25) is 19.7 Å². The van der Waals surface area contributed by atoms with Gasteiger partial charge in [-0.15, -0.1) is 0 Å². The largest absolute Gasteiger partial charge is 0.462 e. The van der Waals surface area contributed by atoms with Crippen molar-refractivity contribution in [2.24, 2.45) is 34.5 Å². The quantitative estimate of drug-likeness (QED) is 0.151. The molecule has 0 radical (unpaired) electrons. The second kappa shape index (κ2) is 9.28. The molecule has 0 heterocycles. The average molecular weight is 492 g/mol. The van der Waals surface area contributed by atoms with Crippen LogP contribution in [0.3, 0.4) is 0 Å². The summed E-state index contributed by atoms with van der Waals surface area (Å²) in [6.45, 7) is 6.24. The number of esters is 1. The minimum atomic E-state index is -0.399. The number of allylic oxidation sites excluding steroid dienone is 2. The summed E-state index contributed by atoms with van der Waals surface area (Å²) in [4.78, 5) is 35.9. The van der Waals surface area contributed by atoms with E-state index in [1.54, 1.807) is 30.4 Å². The normalized spacial score (nSPS) is 37.4. The summed E-state index contributed by atoms with van der Waals surface area (Å²) < 4.78 is 5.56. The van der Waals surface area contributed by atoms with E-state index >= 15 is 0 Å². The van der Waals surface area contributed by atoms with Gasteiger partial charge in [-0.05, 0) is 91.7 Å². The summed E-state index contributed by atoms with van der Waals surface area (Å²) in [5.41, 5.74) is 2.11. The Balaban J connectivity index is 1.33. The number of carbonyl (C=O) groups is 2. The number of ketones is 1. The van der Waals surface area contributed by atoms with Crippen LogP contribution in [-0.4, -0.2) is 22.8 Å². The maximum atomic E-state index is 13.4. The van der Waals surface area contributed by atoms with Crippen LogP contribution in [0, 0.1) is 44.6 Å². The summed E-state index contributed by atoms with van der Waals surface area (Å²) in [6.07, 6.45) is 13.7. The Morgan fingerprint density at radius 3 is 2.61 bits per heavy atom. The van der Waals surface area contributed by atoms with E-state index in [0.29, 0.717) is 23.3 Å². The number of nitro groups is 1. The summed E-state index contributed by atoms with van der Waals surface area (Å²) in [6, 6.07) is 6.57. The highest BCUT2D eigenvalue weighted by Gasteiger charge is 2.59. The fourth-order valence-electron chi connectivity index (χ4n) is 8.51. The summed E-state index contributed by atoms with van der Waals surface area (Å²) >= 11 is 0. The van der Waals surface area contributed by atoms with Gasteiger partial charge in [0.1, 0.15) is 6.10 Å². The number of fused-ring (bicyclic) bond motifs is 5. The Hall–Kier alpha value is -2.76. The second-order valence-electron chi connectivity index (χ2n) is 12.0. The van der Waals surface area contributed by atoms with Crippen LogP contribution < -0.4 is 0 Å². The van der Waals surface area contributed by atoms with Crippen molar-refractivity contribution < 1.29 is 19.2 Å². The van der Waals surface area contributed by atoms with Crippen molar-refractivity contribution in [1.82, 2.24) is 0 Å². The first-order chi connectivity index (χ1) is 17.1. The van der Waals surface area contributed by atoms with Crippen molar-refractivity contribution >= 4 is 23.5 Å². The van der Waals surface area contributed by atoms with Gasteiger partial charge in [-0.25, -0.2) is 0 Å². The number of rotatable bonds is 5. The molecule has 0 saturated heterocycles. The molecule has 4 aliphatic rings. The molecule has 7 atom stereocenters. The van der Waals surface area contributed by atoms with Gasteiger partial charge in [0, 0.05) is 25.3 Å². The van der Waals surface area contributed by atoms with Gasteiger partial charge in [0.15, 0.2) is 5.78 Å². The van der Waals surface area contributed by atoms with Crippen LogP contribution in [0.2, 0.25) is 0 Å². The Morgan fingerprint density at radius 2 is 1.86 bits per heavy atom. The van der Waals surface area contributed by atoms with Gasteiger partial charge in [0.25, 0.3) is 5.69 Å². The molecule has 1 aromatic rings. The Labute approximate surface area is 213 Å². The number of carbonyl (C=O) groups excluding carboxylic acids is 2. The van der Waals surface area contributed by atoms with Crippen molar-refractivity contribution in [3.8, 4) is 0 Å². The molecule has 3 saturated carbocycles. The average Bonchev–Trinajstić information content (AvgIpc) is 3.20. The predicted molar refractivity (Wildman–Crippen MR) is 138 cm³/mol. The van der Waals surface area contributed by atoms with Crippen LogP contribution in [0.4, 0.5) is 5.69 Å². The molecule has 0 N–H and O–H groups in total. The van der Waals surface area contributed by atoms with Gasteiger partial charge >= 0.3 is 5.97 Å². The molecular weight excluding hydrogens is 454 g/mol. The standard InChI is InChI=1S/C30H37NO5/c1-19(32)36-22-14-16-29(2)21(18-22)9-10-23-24-11-12-26(30(24,3)17-15-25(23)29)28(33)13-8-20-6-4-5-7-27(20)31(34)35/h4-9,13,22-26H,10-12,14-18H2,1-3H3/b13-8+/t22-,23-,24-,25-,26+,29-,30-/m0/s1. The maximum Gasteiger partial charge on any atom is 0.302 e. The number of para-hydroxylation sites is 1. The van der Waals surface area contributed by atoms with Gasteiger partial charge < -0.3 is 4.74 Å². The molecule has 0 aromatic heterocycles. The first kappa shape index (κ1) is 24.9. The molecule has 0 bridgehead atoms. The molecule has 0 spiro atoms. The van der Waals surface area contributed by atoms with E-state index in [4.69, 9.17) is 4.74 Å². The van der Waals surface area contributed by atoms with Crippen LogP contribution in [-0.2, 0) is 14.3 Å². The van der Waals surface area contributed by atoms with E-state index in [1.807, 2.05) is 0 Å². The van der Waals surface area contributed by atoms with Crippen molar-refractivity contribution in [1.29, 1.82) is 0 Å². The lowest BCUT2D eigenvalue weighted by Crippen LogP contribution is -2.51. The molecule has 0 aliphatic heterocycles. The molecule has 5 rings (SSSR count). The lowest BCUT2D eigenvalue weighted by Gasteiger charge is -2.58. The van der Waals surface area contributed by atoms with Crippen LogP contribution >= 0.6 is 0 Å². The molecule has 3 fully saturated rings. The summed E-state index contributed by atoms with van der Waals surface area (Å²) in [5, 5.41) is 11.3. The third kappa shape index (κ3) is 4.12. The lowest BCUT2D eigenvalue weighted by molar-refractivity contribution is -0.385. The number of nitrogens with zero attached hydrogens (tertiary/aromatic N) is 1. The van der Waals surface area contributed by atoms with Gasteiger partial charge in [-0.2, -0.15) is 0 Å². The zero-order valence-corrected chi connectivity index (χ0v) is 21.6. The number of benzene rings is 1. The topological polar surface area (TPSA) is 86.5 Å².